The highest BCUT2D eigenvalue weighted by Crippen LogP contribution is 2.36. The maximum absolute atomic E-state index is 11.6. The molecule has 1 atom stereocenters. The maximum atomic E-state index is 11.6. The highest BCUT2D eigenvalue weighted by molar-refractivity contribution is 7.07. The van der Waals surface area contributed by atoms with Crippen molar-refractivity contribution in [2.24, 2.45) is 10.4 Å². The summed E-state index contributed by atoms with van der Waals surface area (Å²) in [5, 5.41) is 10.6. The van der Waals surface area contributed by atoms with Gasteiger partial charge in [-0.15, -0.1) is 0 Å². The molecule has 0 radical (unpaired) electrons. The minimum absolute atomic E-state index is 0.105. The average Bonchev–Trinajstić information content (AvgIpc) is 3.14. The third-order valence-corrected chi connectivity index (χ3v) is 5.22. The molecule has 1 amide bonds. The molecule has 0 bridgehead atoms. The van der Waals surface area contributed by atoms with E-state index in [0.717, 1.165) is 45.0 Å². The Balaban J connectivity index is 1.70. The Morgan fingerprint density at radius 3 is 3.18 bits per heavy atom. The lowest BCUT2D eigenvalue weighted by atomic mass is 9.79. The van der Waals surface area contributed by atoms with Crippen molar-refractivity contribution in [3.8, 4) is 0 Å². The number of guanidine groups is 1. The Hall–Kier alpha value is -1.56. The molecule has 0 aliphatic carbocycles. The molecule has 3 heterocycles. The average molecular weight is 320 g/mol. The molecular formula is C16H24N4OS. The van der Waals surface area contributed by atoms with Crippen LogP contribution >= 0.6 is 11.3 Å². The molecule has 1 aromatic heterocycles. The first-order valence-electron chi connectivity index (χ1n) is 8.02. The van der Waals surface area contributed by atoms with Gasteiger partial charge in [0.2, 0.25) is 5.91 Å². The molecule has 0 saturated carbocycles. The number of hydrogen-bond donors (Lipinski definition) is 2. The van der Waals surface area contributed by atoms with Crippen molar-refractivity contribution in [3.63, 3.8) is 0 Å². The summed E-state index contributed by atoms with van der Waals surface area (Å²) in [6.45, 7) is 6.43. The van der Waals surface area contributed by atoms with Gasteiger partial charge >= 0.3 is 0 Å². The van der Waals surface area contributed by atoms with E-state index < -0.39 is 0 Å². The summed E-state index contributed by atoms with van der Waals surface area (Å²) in [6.07, 6.45) is 2.91. The van der Waals surface area contributed by atoms with Crippen molar-refractivity contribution >= 4 is 23.2 Å². The van der Waals surface area contributed by atoms with Crippen LogP contribution in [0, 0.1) is 5.41 Å². The molecule has 1 spiro atoms. The van der Waals surface area contributed by atoms with E-state index in [-0.39, 0.29) is 11.3 Å². The quantitative estimate of drug-likeness (QED) is 0.660. The fourth-order valence-corrected chi connectivity index (χ4v) is 4.06. The van der Waals surface area contributed by atoms with E-state index in [4.69, 9.17) is 4.99 Å². The van der Waals surface area contributed by atoms with Gasteiger partial charge in [-0.25, -0.2) is 4.99 Å². The monoisotopic (exact) mass is 320 g/mol. The molecule has 2 aliphatic heterocycles. The highest BCUT2D eigenvalue weighted by atomic mass is 32.1. The summed E-state index contributed by atoms with van der Waals surface area (Å²) in [5.74, 6) is 1.18. The normalized spacial score (nSPS) is 25.6. The van der Waals surface area contributed by atoms with Crippen LogP contribution in [0.4, 0.5) is 0 Å². The van der Waals surface area contributed by atoms with Crippen LogP contribution in [0.5, 0.6) is 0 Å². The van der Waals surface area contributed by atoms with Gasteiger partial charge in [0, 0.05) is 38.0 Å². The number of hydrogen-bond acceptors (Lipinski definition) is 3. The van der Waals surface area contributed by atoms with E-state index in [1.54, 1.807) is 11.3 Å². The lowest BCUT2D eigenvalue weighted by molar-refractivity contribution is -0.119. The molecule has 5 nitrogen and oxygen atoms in total. The summed E-state index contributed by atoms with van der Waals surface area (Å²) in [7, 11) is 0. The van der Waals surface area contributed by atoms with Gasteiger partial charge in [-0.05, 0) is 42.2 Å². The Morgan fingerprint density at radius 1 is 1.59 bits per heavy atom. The van der Waals surface area contributed by atoms with Gasteiger partial charge < -0.3 is 15.5 Å². The minimum Gasteiger partial charge on any atom is -0.357 e. The molecule has 22 heavy (non-hydrogen) atoms. The Bertz CT molecular complexity index is 542. The number of aliphatic imine (C=N–C) groups is 1. The molecule has 120 valence electrons. The first kappa shape index (κ1) is 15.3. The lowest BCUT2D eigenvalue weighted by Crippen LogP contribution is -2.51. The Labute approximate surface area is 135 Å². The van der Waals surface area contributed by atoms with E-state index in [2.05, 4.69) is 39.3 Å². The van der Waals surface area contributed by atoms with Crippen molar-refractivity contribution in [2.75, 3.05) is 26.2 Å². The number of carbonyl (C=O) groups is 1. The van der Waals surface area contributed by atoms with E-state index in [1.807, 2.05) is 0 Å². The number of thiophene rings is 1. The van der Waals surface area contributed by atoms with Crippen molar-refractivity contribution in [1.29, 1.82) is 0 Å². The standard InChI is InChI=1S/C16H24N4OS/c1-2-17-15(18-9-13-4-7-22-10-13)20-6-3-5-16(12-20)8-14(21)19-11-16/h4,7,10H,2-3,5-6,8-9,11-12H2,1H3,(H,17,18)(H,19,21). The molecule has 2 aliphatic rings. The van der Waals surface area contributed by atoms with Crippen LogP contribution in [0.1, 0.15) is 31.7 Å². The first-order chi connectivity index (χ1) is 10.7. The predicted molar refractivity (Wildman–Crippen MR) is 90.0 cm³/mol. The van der Waals surface area contributed by atoms with Gasteiger partial charge in [0.05, 0.1) is 6.54 Å². The fraction of sp³-hybridized carbons (Fsp3) is 0.625. The predicted octanol–water partition coefficient (Wildman–Crippen LogP) is 1.82. The van der Waals surface area contributed by atoms with Crippen LogP contribution < -0.4 is 10.6 Å². The van der Waals surface area contributed by atoms with Crippen LogP contribution in [0.2, 0.25) is 0 Å². The highest BCUT2D eigenvalue weighted by Gasteiger charge is 2.42. The van der Waals surface area contributed by atoms with Crippen molar-refractivity contribution < 1.29 is 4.79 Å². The fourth-order valence-electron chi connectivity index (χ4n) is 3.40. The summed E-state index contributed by atoms with van der Waals surface area (Å²) < 4.78 is 0. The lowest BCUT2D eigenvalue weighted by Gasteiger charge is -2.40. The molecule has 2 fully saturated rings. The molecule has 0 aromatic carbocycles. The molecule has 2 N–H and O–H groups in total. The number of likely N-dealkylation sites (tertiary alicyclic amines) is 1. The van der Waals surface area contributed by atoms with E-state index in [1.165, 1.54) is 5.56 Å². The number of carbonyl (C=O) groups excluding carboxylic acids is 1. The van der Waals surface area contributed by atoms with Gasteiger partial charge in [-0.3, -0.25) is 4.79 Å². The molecule has 3 rings (SSSR count). The first-order valence-corrected chi connectivity index (χ1v) is 8.96. The smallest absolute Gasteiger partial charge is 0.220 e. The summed E-state index contributed by atoms with van der Waals surface area (Å²) in [5.41, 5.74) is 1.36. The topological polar surface area (TPSA) is 56.7 Å². The van der Waals surface area contributed by atoms with Gasteiger partial charge in [0.15, 0.2) is 5.96 Å². The number of nitrogens with one attached hydrogen (secondary N) is 2. The number of amides is 1. The SMILES string of the molecule is CCNC(=NCc1ccsc1)N1CCCC2(CNC(=O)C2)C1. The van der Waals surface area contributed by atoms with Gasteiger partial charge in [0.1, 0.15) is 0 Å². The third kappa shape index (κ3) is 3.43. The van der Waals surface area contributed by atoms with E-state index in [0.29, 0.717) is 13.0 Å². The van der Waals surface area contributed by atoms with E-state index in [9.17, 15) is 4.79 Å². The molecule has 2 saturated heterocycles. The van der Waals surface area contributed by atoms with E-state index >= 15 is 0 Å². The Morgan fingerprint density at radius 2 is 2.50 bits per heavy atom. The van der Waals surface area contributed by atoms with Crippen molar-refractivity contribution in [3.05, 3.63) is 22.4 Å². The maximum Gasteiger partial charge on any atom is 0.220 e. The number of nitrogens with zero attached hydrogens (tertiary/aromatic N) is 2. The van der Waals surface area contributed by atoms with Gasteiger partial charge in [0.25, 0.3) is 0 Å². The largest absolute Gasteiger partial charge is 0.357 e. The zero-order valence-electron chi connectivity index (χ0n) is 13.1. The zero-order valence-corrected chi connectivity index (χ0v) is 13.9. The van der Waals surface area contributed by atoms with Crippen molar-refractivity contribution in [2.45, 2.75) is 32.7 Å². The molecule has 6 heteroatoms. The van der Waals surface area contributed by atoms with Crippen LogP contribution in [-0.4, -0.2) is 42.9 Å². The van der Waals surface area contributed by atoms with Gasteiger partial charge in [-0.1, -0.05) is 0 Å². The second-order valence-corrected chi connectivity index (χ2v) is 7.06. The molecule has 1 aromatic rings. The second kappa shape index (κ2) is 6.69. The van der Waals surface area contributed by atoms with Crippen LogP contribution in [-0.2, 0) is 11.3 Å². The number of piperidine rings is 1. The zero-order chi connectivity index (χ0) is 15.4. The second-order valence-electron chi connectivity index (χ2n) is 6.28. The van der Waals surface area contributed by atoms with Crippen LogP contribution in [0.25, 0.3) is 0 Å². The Kier molecular flexibility index (Phi) is 4.66. The molecular weight excluding hydrogens is 296 g/mol. The summed E-state index contributed by atoms with van der Waals surface area (Å²) in [6, 6.07) is 2.12. The summed E-state index contributed by atoms with van der Waals surface area (Å²) >= 11 is 1.71. The van der Waals surface area contributed by atoms with Gasteiger partial charge in [-0.2, -0.15) is 11.3 Å². The van der Waals surface area contributed by atoms with Crippen LogP contribution in [0.3, 0.4) is 0 Å². The molecule has 1 unspecified atom stereocenters. The number of rotatable bonds is 3. The minimum atomic E-state index is 0.105. The van der Waals surface area contributed by atoms with Crippen LogP contribution in [0.15, 0.2) is 21.8 Å². The third-order valence-electron chi connectivity index (χ3n) is 4.48. The summed E-state index contributed by atoms with van der Waals surface area (Å²) in [4.78, 5) is 18.7. The van der Waals surface area contributed by atoms with Crippen molar-refractivity contribution in [1.82, 2.24) is 15.5 Å².